The van der Waals surface area contributed by atoms with Gasteiger partial charge in [-0.2, -0.15) is 6.42 Å². The quantitative estimate of drug-likeness (QED) is 0.439. The molecule has 1 fully saturated rings. The molecule has 4 heteroatoms. The van der Waals surface area contributed by atoms with Crippen LogP contribution in [0.15, 0.2) is 0 Å². The summed E-state index contributed by atoms with van der Waals surface area (Å²) in [7, 11) is 0. The second kappa shape index (κ2) is 14.8. The fourth-order valence-electron chi connectivity index (χ4n) is 1.94. The molecule has 0 spiro atoms. The van der Waals surface area contributed by atoms with E-state index in [0.717, 1.165) is 5.92 Å². The molecule has 0 saturated heterocycles. The molecule has 0 aromatic rings. The first-order chi connectivity index (χ1) is 4.52. The summed E-state index contributed by atoms with van der Waals surface area (Å²) in [4.78, 5) is 0. The van der Waals surface area contributed by atoms with Crippen molar-refractivity contribution in [2.75, 3.05) is 0 Å². The largest absolute Gasteiger partial charge is 0.369 e. The zero-order valence-electron chi connectivity index (χ0n) is 10.7. The zero-order valence-corrected chi connectivity index (χ0v) is 22.0. The molecule has 80 valence electrons. The first-order valence-corrected chi connectivity index (χ1v) is 4.18. The van der Waals surface area contributed by atoms with Gasteiger partial charge in [-0.1, -0.05) is 33.1 Å². The molecule has 1 rings (SSSR count). The van der Waals surface area contributed by atoms with Gasteiger partial charge in [0.05, 0.1) is 0 Å². The van der Waals surface area contributed by atoms with Crippen LogP contribution in [0.2, 0.25) is 0 Å². The summed E-state index contributed by atoms with van der Waals surface area (Å²) in [5.41, 5.74) is 0.458. The monoisotopic (exact) mass is 509 g/mol. The second-order valence-electron chi connectivity index (χ2n) is 4.45. The van der Waals surface area contributed by atoms with Gasteiger partial charge in [0.1, 0.15) is 0 Å². The van der Waals surface area contributed by atoms with E-state index in [1.54, 1.807) is 0 Å². The normalized spacial score (nSPS) is 23.2. The van der Waals surface area contributed by atoms with Gasteiger partial charge in [0.2, 0.25) is 0 Å². The maximum absolute atomic E-state index is 4.13. The van der Waals surface area contributed by atoms with E-state index in [-0.39, 0.29) is 138 Å². The molecular weight excluding hydrogens is 488 g/mol. The molecule has 1 aliphatic carbocycles. The van der Waals surface area contributed by atoms with Crippen LogP contribution in [0.5, 0.6) is 0 Å². The fraction of sp³-hybridized carbons (Fsp3) is 0.727. The molecular formula is C11H21Y4-3. The molecule has 0 aromatic heterocycles. The Labute approximate surface area is 198 Å². The Bertz CT molecular complexity index is 120. The standard InChI is InChI=1S/C10H18.CH3.4Y/c1-8-6-5-7-9(8)10(2,3)4;;;;;/h6,8-9H,1,5,7H2,2-4H3;1H3;;;;/q-2;-1;;;;. The average Bonchev–Trinajstić information content (AvgIpc) is 2.11. The maximum atomic E-state index is 4.13. The van der Waals surface area contributed by atoms with Crippen LogP contribution in [0, 0.1) is 38.0 Å². The third-order valence-corrected chi connectivity index (χ3v) is 2.58. The van der Waals surface area contributed by atoms with E-state index in [1.807, 2.05) is 0 Å². The van der Waals surface area contributed by atoms with E-state index in [4.69, 9.17) is 0 Å². The summed E-state index contributed by atoms with van der Waals surface area (Å²) in [5, 5.41) is 0. The van der Waals surface area contributed by atoms with Crippen molar-refractivity contribution in [3.8, 4) is 0 Å². The van der Waals surface area contributed by atoms with Crippen molar-refractivity contribution in [1.82, 2.24) is 0 Å². The van der Waals surface area contributed by atoms with Crippen molar-refractivity contribution in [2.24, 2.45) is 17.3 Å². The molecule has 0 nitrogen and oxygen atoms in total. The van der Waals surface area contributed by atoms with Crippen molar-refractivity contribution in [2.45, 2.75) is 33.6 Å². The Morgan fingerprint density at radius 2 is 1.47 bits per heavy atom. The Morgan fingerprint density at radius 3 is 1.60 bits per heavy atom. The average molecular weight is 509 g/mol. The summed E-state index contributed by atoms with van der Waals surface area (Å²) in [6, 6.07) is 0. The van der Waals surface area contributed by atoms with Crippen LogP contribution in [0.1, 0.15) is 33.6 Å². The molecule has 0 heterocycles. The SMILES string of the molecule is [CH2-]C1[CH-]CCC1C(C)(C)C.[CH3-].[Y].[Y].[Y].[Y]. The first-order valence-electron chi connectivity index (χ1n) is 4.18. The van der Waals surface area contributed by atoms with Crippen LogP contribution in [-0.4, -0.2) is 0 Å². The summed E-state index contributed by atoms with van der Waals surface area (Å²) in [5.74, 6) is 1.41. The third-order valence-electron chi connectivity index (χ3n) is 2.58. The van der Waals surface area contributed by atoms with Crippen LogP contribution in [-0.2, 0) is 131 Å². The molecule has 4 radical (unpaired) electrons. The Kier molecular flexibility index (Phi) is 31.3. The van der Waals surface area contributed by atoms with Gasteiger partial charge in [-0.3, -0.25) is 5.92 Å². The minimum absolute atomic E-state index is 0. The Balaban J connectivity index is -0.0000000667. The zero-order chi connectivity index (χ0) is 7.78. The van der Waals surface area contributed by atoms with Crippen LogP contribution in [0.4, 0.5) is 0 Å². The van der Waals surface area contributed by atoms with Crippen LogP contribution >= 0.6 is 0 Å². The summed E-state index contributed by atoms with van der Waals surface area (Å²) < 4.78 is 0. The summed E-state index contributed by atoms with van der Waals surface area (Å²) in [6.07, 6.45) is 4.98. The maximum Gasteiger partial charge on any atom is 0 e. The van der Waals surface area contributed by atoms with Crippen LogP contribution in [0.3, 0.4) is 0 Å². The Hall–Kier alpha value is 4.42. The molecule has 0 bridgehead atoms. The van der Waals surface area contributed by atoms with E-state index in [9.17, 15) is 0 Å². The van der Waals surface area contributed by atoms with Gasteiger partial charge in [-0.25, -0.2) is 0 Å². The minimum atomic E-state index is 0. The van der Waals surface area contributed by atoms with Gasteiger partial charge in [-0.15, -0.1) is 0 Å². The van der Waals surface area contributed by atoms with Crippen LogP contribution < -0.4 is 0 Å². The van der Waals surface area contributed by atoms with E-state index >= 15 is 0 Å². The molecule has 0 aromatic carbocycles. The molecule has 2 atom stereocenters. The summed E-state index contributed by atoms with van der Waals surface area (Å²) in [6.45, 7) is 11.1. The van der Waals surface area contributed by atoms with Gasteiger partial charge in [0.15, 0.2) is 0 Å². The van der Waals surface area contributed by atoms with Gasteiger partial charge in [0.25, 0.3) is 0 Å². The second-order valence-corrected chi connectivity index (χ2v) is 4.45. The van der Waals surface area contributed by atoms with E-state index < -0.39 is 0 Å². The predicted molar refractivity (Wildman–Crippen MR) is 51.7 cm³/mol. The minimum Gasteiger partial charge on any atom is -0.369 e. The molecule has 2 unspecified atom stereocenters. The number of hydrogen-bond acceptors (Lipinski definition) is 0. The smallest absolute Gasteiger partial charge is 0 e. The van der Waals surface area contributed by atoms with Gasteiger partial charge >= 0.3 is 0 Å². The number of rotatable bonds is 0. The Morgan fingerprint density at radius 1 is 1.07 bits per heavy atom. The van der Waals surface area contributed by atoms with E-state index in [2.05, 4.69) is 34.1 Å². The fourth-order valence-corrected chi connectivity index (χ4v) is 1.94. The summed E-state index contributed by atoms with van der Waals surface area (Å²) >= 11 is 0. The van der Waals surface area contributed by atoms with Crippen molar-refractivity contribution >= 4 is 0 Å². The van der Waals surface area contributed by atoms with Crippen molar-refractivity contribution < 1.29 is 131 Å². The van der Waals surface area contributed by atoms with E-state index in [1.165, 1.54) is 12.8 Å². The molecule has 0 amide bonds. The molecule has 1 aliphatic rings. The van der Waals surface area contributed by atoms with E-state index in [0.29, 0.717) is 11.3 Å². The molecule has 1 saturated carbocycles. The topological polar surface area (TPSA) is 0 Å². The van der Waals surface area contributed by atoms with Gasteiger partial charge in [0, 0.05) is 131 Å². The first kappa shape index (κ1) is 31.7. The molecule has 15 heavy (non-hydrogen) atoms. The van der Waals surface area contributed by atoms with Crippen molar-refractivity contribution in [3.63, 3.8) is 0 Å². The van der Waals surface area contributed by atoms with Gasteiger partial charge < -0.3 is 20.8 Å². The predicted octanol–water partition coefficient (Wildman–Crippen LogP) is 3.54. The molecule has 0 N–H and O–H groups in total. The van der Waals surface area contributed by atoms with Crippen LogP contribution in [0.25, 0.3) is 0 Å². The number of hydrogen-bond donors (Lipinski definition) is 0. The van der Waals surface area contributed by atoms with Crippen molar-refractivity contribution in [3.05, 3.63) is 20.8 Å². The van der Waals surface area contributed by atoms with Gasteiger partial charge in [-0.05, 0) is 5.41 Å². The molecule has 0 aliphatic heterocycles. The van der Waals surface area contributed by atoms with Crippen molar-refractivity contribution in [1.29, 1.82) is 0 Å². The third kappa shape index (κ3) is 11.9.